The van der Waals surface area contributed by atoms with Crippen molar-refractivity contribution < 1.29 is 4.42 Å². The summed E-state index contributed by atoms with van der Waals surface area (Å²) in [5.41, 5.74) is 9.64. The molecule has 216 valence electrons. The highest BCUT2D eigenvalue weighted by atomic mass is 16.3. The molecule has 9 rings (SSSR count). The highest BCUT2D eigenvalue weighted by Gasteiger charge is 2.22. The summed E-state index contributed by atoms with van der Waals surface area (Å²) in [6.07, 6.45) is 0. The third-order valence-electron chi connectivity index (χ3n) is 9.05. The normalized spacial score (nSPS) is 11.5. The number of anilines is 3. The topological polar surface area (TPSA) is 16.4 Å². The molecule has 0 radical (unpaired) electrons. The molecule has 0 spiro atoms. The lowest BCUT2D eigenvalue weighted by molar-refractivity contribution is 0.670. The van der Waals surface area contributed by atoms with E-state index in [1.807, 2.05) is 6.07 Å². The van der Waals surface area contributed by atoms with Crippen LogP contribution in [0, 0.1) is 0 Å². The molecule has 0 saturated heterocycles. The molecule has 0 bridgehead atoms. The van der Waals surface area contributed by atoms with Crippen molar-refractivity contribution >= 4 is 60.5 Å². The molecule has 0 unspecified atom stereocenters. The van der Waals surface area contributed by atoms with Crippen molar-refractivity contribution in [3.63, 3.8) is 0 Å². The van der Waals surface area contributed by atoms with Gasteiger partial charge in [0.25, 0.3) is 0 Å². The molecular formula is C44H29NO. The number of hydrogen-bond acceptors (Lipinski definition) is 2. The van der Waals surface area contributed by atoms with E-state index < -0.39 is 0 Å². The fraction of sp³-hybridized carbons (Fsp3) is 0. The smallest absolute Gasteiger partial charge is 0.145 e. The first kappa shape index (κ1) is 26.3. The van der Waals surface area contributed by atoms with Gasteiger partial charge in [-0.2, -0.15) is 0 Å². The molecule has 0 N–H and O–H groups in total. The maximum absolute atomic E-state index is 6.72. The second-order valence-electron chi connectivity index (χ2n) is 11.7. The molecule has 0 aliphatic heterocycles. The summed E-state index contributed by atoms with van der Waals surface area (Å²) in [4.78, 5) is 2.37. The largest absolute Gasteiger partial charge is 0.455 e. The maximum atomic E-state index is 6.72. The Morgan fingerprint density at radius 3 is 1.80 bits per heavy atom. The molecule has 0 atom stereocenters. The summed E-state index contributed by atoms with van der Waals surface area (Å²) in [6, 6.07) is 62.6. The monoisotopic (exact) mass is 587 g/mol. The van der Waals surface area contributed by atoms with E-state index in [9.17, 15) is 0 Å². The molecule has 9 aromatic rings. The van der Waals surface area contributed by atoms with E-state index in [-0.39, 0.29) is 0 Å². The summed E-state index contributed by atoms with van der Waals surface area (Å²) in [5.74, 6) is 0. The average Bonchev–Trinajstić information content (AvgIpc) is 3.53. The minimum Gasteiger partial charge on any atom is -0.455 e. The molecule has 0 amide bonds. The van der Waals surface area contributed by atoms with E-state index in [1.165, 1.54) is 32.7 Å². The zero-order valence-electron chi connectivity index (χ0n) is 25.1. The summed E-state index contributed by atoms with van der Waals surface area (Å²) in [5, 5.41) is 7.15. The molecule has 1 aromatic heterocycles. The Labute approximate surface area is 267 Å². The molecular weight excluding hydrogens is 558 g/mol. The summed E-state index contributed by atoms with van der Waals surface area (Å²) < 4.78 is 6.72. The average molecular weight is 588 g/mol. The van der Waals surface area contributed by atoms with Crippen molar-refractivity contribution in [1.29, 1.82) is 0 Å². The Kier molecular flexibility index (Phi) is 6.17. The van der Waals surface area contributed by atoms with Gasteiger partial charge in [-0.05, 0) is 80.7 Å². The van der Waals surface area contributed by atoms with Gasteiger partial charge in [-0.3, -0.25) is 0 Å². The van der Waals surface area contributed by atoms with Crippen molar-refractivity contribution in [1.82, 2.24) is 0 Å². The third-order valence-corrected chi connectivity index (χ3v) is 9.05. The fourth-order valence-corrected chi connectivity index (χ4v) is 6.83. The van der Waals surface area contributed by atoms with Crippen LogP contribution in [0.1, 0.15) is 0 Å². The second-order valence-corrected chi connectivity index (χ2v) is 11.7. The Bertz CT molecular complexity index is 2510. The van der Waals surface area contributed by atoms with Gasteiger partial charge in [0.05, 0.1) is 11.1 Å². The fourth-order valence-electron chi connectivity index (χ4n) is 6.83. The van der Waals surface area contributed by atoms with Gasteiger partial charge in [0.1, 0.15) is 11.2 Å². The second kappa shape index (κ2) is 10.8. The molecule has 2 nitrogen and oxygen atoms in total. The minimum absolute atomic E-state index is 0.879. The van der Waals surface area contributed by atoms with Crippen molar-refractivity contribution in [3.8, 4) is 22.3 Å². The molecule has 1 heterocycles. The first-order chi connectivity index (χ1) is 22.8. The predicted octanol–water partition coefficient (Wildman–Crippen LogP) is 12.7. The van der Waals surface area contributed by atoms with Crippen LogP contribution in [0.3, 0.4) is 0 Å². The number of rotatable bonds is 5. The van der Waals surface area contributed by atoms with E-state index in [2.05, 4.69) is 175 Å². The molecule has 0 saturated carbocycles. The highest BCUT2D eigenvalue weighted by Crippen LogP contribution is 2.46. The minimum atomic E-state index is 0.879. The number of fused-ring (bicyclic) bond motifs is 6. The van der Waals surface area contributed by atoms with E-state index in [4.69, 9.17) is 4.42 Å². The zero-order valence-corrected chi connectivity index (χ0v) is 25.1. The summed E-state index contributed by atoms with van der Waals surface area (Å²) in [7, 11) is 0. The van der Waals surface area contributed by atoms with Crippen molar-refractivity contribution in [3.05, 3.63) is 176 Å². The molecule has 0 fully saturated rings. The van der Waals surface area contributed by atoms with Crippen LogP contribution in [0.25, 0.3) is 65.7 Å². The van der Waals surface area contributed by atoms with Gasteiger partial charge in [0, 0.05) is 22.3 Å². The molecule has 2 heteroatoms. The Balaban J connectivity index is 1.28. The van der Waals surface area contributed by atoms with Crippen molar-refractivity contribution in [2.24, 2.45) is 0 Å². The van der Waals surface area contributed by atoms with Crippen molar-refractivity contribution in [2.45, 2.75) is 0 Å². The van der Waals surface area contributed by atoms with Gasteiger partial charge >= 0.3 is 0 Å². The van der Waals surface area contributed by atoms with E-state index >= 15 is 0 Å². The lowest BCUT2D eigenvalue weighted by Crippen LogP contribution is -2.10. The SMILES string of the molecule is c1ccc(-c2ccc(-c3ccc(N(c4ccccc4)c4ccc5ccc6ccccc6c5c4)c4c3oc3ccccc34)cc2)cc1. The van der Waals surface area contributed by atoms with Crippen LogP contribution in [0.2, 0.25) is 0 Å². The van der Waals surface area contributed by atoms with Crippen LogP contribution in [0.15, 0.2) is 180 Å². The third kappa shape index (κ3) is 4.35. The Hall–Kier alpha value is -6.12. The van der Waals surface area contributed by atoms with Crippen LogP contribution in [-0.4, -0.2) is 0 Å². The van der Waals surface area contributed by atoms with Crippen LogP contribution in [0.5, 0.6) is 0 Å². The Morgan fingerprint density at radius 1 is 0.391 bits per heavy atom. The van der Waals surface area contributed by atoms with E-state index in [0.717, 1.165) is 50.1 Å². The Morgan fingerprint density at radius 2 is 1.00 bits per heavy atom. The van der Waals surface area contributed by atoms with Gasteiger partial charge in [-0.1, -0.05) is 133 Å². The molecule has 46 heavy (non-hydrogen) atoms. The van der Waals surface area contributed by atoms with Crippen molar-refractivity contribution in [2.75, 3.05) is 4.90 Å². The summed E-state index contributed by atoms with van der Waals surface area (Å²) >= 11 is 0. The lowest BCUT2D eigenvalue weighted by Gasteiger charge is -2.27. The van der Waals surface area contributed by atoms with Crippen LogP contribution in [0.4, 0.5) is 17.1 Å². The number of hydrogen-bond donors (Lipinski definition) is 0. The standard InChI is InChI=1S/C44H29NO/c1-3-11-30(12-4-1)31-19-21-33(22-20-31)38-27-28-41(43-39-17-9-10-18-42(39)46-44(38)43)45(35-14-5-2-6-15-35)36-26-25-34-24-23-32-13-7-8-16-37(32)40(34)29-36/h1-29H. The van der Waals surface area contributed by atoms with E-state index in [0.29, 0.717) is 0 Å². The number of para-hydroxylation sites is 2. The van der Waals surface area contributed by atoms with Gasteiger partial charge < -0.3 is 9.32 Å². The quantitative estimate of drug-likeness (QED) is 0.186. The maximum Gasteiger partial charge on any atom is 0.145 e. The van der Waals surface area contributed by atoms with E-state index in [1.54, 1.807) is 0 Å². The highest BCUT2D eigenvalue weighted by molar-refractivity contribution is 6.17. The number of furan rings is 1. The molecule has 0 aliphatic carbocycles. The summed E-state index contributed by atoms with van der Waals surface area (Å²) in [6.45, 7) is 0. The lowest BCUT2D eigenvalue weighted by atomic mass is 9.97. The first-order valence-electron chi connectivity index (χ1n) is 15.7. The van der Waals surface area contributed by atoms with Crippen LogP contribution in [-0.2, 0) is 0 Å². The van der Waals surface area contributed by atoms with Gasteiger partial charge in [0.2, 0.25) is 0 Å². The van der Waals surface area contributed by atoms with Gasteiger partial charge in [0.15, 0.2) is 0 Å². The number of nitrogens with zero attached hydrogens (tertiary/aromatic N) is 1. The molecule has 0 aliphatic rings. The predicted molar refractivity (Wildman–Crippen MR) is 194 cm³/mol. The van der Waals surface area contributed by atoms with Gasteiger partial charge in [-0.25, -0.2) is 0 Å². The molecule has 8 aromatic carbocycles. The van der Waals surface area contributed by atoms with Crippen LogP contribution < -0.4 is 4.90 Å². The number of benzene rings is 8. The van der Waals surface area contributed by atoms with Gasteiger partial charge in [-0.15, -0.1) is 0 Å². The van der Waals surface area contributed by atoms with Crippen LogP contribution >= 0.6 is 0 Å². The zero-order chi connectivity index (χ0) is 30.5. The first-order valence-corrected chi connectivity index (χ1v) is 15.7.